The minimum Gasteiger partial charge on any atom is -0.345 e. The van der Waals surface area contributed by atoms with E-state index in [0.717, 1.165) is 12.1 Å². The third-order valence-corrected chi connectivity index (χ3v) is 3.48. The van der Waals surface area contributed by atoms with Crippen LogP contribution in [0.3, 0.4) is 0 Å². The highest BCUT2D eigenvalue weighted by Gasteiger charge is 2.49. The van der Waals surface area contributed by atoms with Crippen molar-refractivity contribution >= 4 is 17.8 Å². The Morgan fingerprint density at radius 3 is 2.38 bits per heavy atom. The summed E-state index contributed by atoms with van der Waals surface area (Å²) in [5.74, 6) is -2.48. The van der Waals surface area contributed by atoms with Crippen molar-refractivity contribution in [2.75, 3.05) is 13.1 Å². The van der Waals surface area contributed by atoms with Crippen molar-refractivity contribution in [3.63, 3.8) is 0 Å². The van der Waals surface area contributed by atoms with Gasteiger partial charge in [0.25, 0.3) is 5.91 Å². The van der Waals surface area contributed by atoms with E-state index in [4.69, 9.17) is 0 Å². The van der Waals surface area contributed by atoms with Gasteiger partial charge in [0.2, 0.25) is 5.91 Å². The molecular weight excluding hydrogens is 334 g/mol. The Labute approximate surface area is 133 Å². The van der Waals surface area contributed by atoms with E-state index in [-0.39, 0.29) is 5.56 Å². The summed E-state index contributed by atoms with van der Waals surface area (Å²) in [5, 5.41) is 3.93. The smallest absolute Gasteiger partial charge is 0.345 e. The van der Waals surface area contributed by atoms with E-state index >= 15 is 0 Å². The lowest BCUT2D eigenvalue weighted by atomic mass is 9.92. The van der Waals surface area contributed by atoms with Gasteiger partial charge >= 0.3 is 12.2 Å². The number of urea groups is 1. The normalized spacial score (nSPS) is 21.0. The molecule has 0 aromatic heterocycles. The fraction of sp³-hybridized carbons (Fsp3) is 0.357. The zero-order valence-electron chi connectivity index (χ0n) is 12.4. The first kappa shape index (κ1) is 17.7. The molecule has 10 heteroatoms. The van der Waals surface area contributed by atoms with Gasteiger partial charge in [-0.3, -0.25) is 14.5 Å². The molecule has 2 rings (SSSR count). The van der Waals surface area contributed by atoms with Crippen molar-refractivity contribution in [2.45, 2.75) is 18.6 Å². The first-order chi connectivity index (χ1) is 11.0. The molecule has 1 saturated heterocycles. The molecule has 2 N–H and O–H groups in total. The quantitative estimate of drug-likeness (QED) is 0.636. The SMILES string of the molecule is CC1(c2ccc(F)cc2)NC(=O)N(CC(=O)NCC(F)(F)F)C1=O. The van der Waals surface area contributed by atoms with Gasteiger partial charge in [-0.1, -0.05) is 12.1 Å². The third-order valence-electron chi connectivity index (χ3n) is 3.48. The van der Waals surface area contributed by atoms with E-state index in [2.05, 4.69) is 5.32 Å². The summed E-state index contributed by atoms with van der Waals surface area (Å²) in [4.78, 5) is 36.3. The highest BCUT2D eigenvalue weighted by atomic mass is 19.4. The minimum atomic E-state index is -4.60. The van der Waals surface area contributed by atoms with Crippen molar-refractivity contribution in [1.82, 2.24) is 15.5 Å². The molecule has 1 aliphatic heterocycles. The number of carbonyl (C=O) groups is 3. The Morgan fingerprint density at radius 1 is 1.25 bits per heavy atom. The second-order valence-electron chi connectivity index (χ2n) is 5.35. The van der Waals surface area contributed by atoms with Crippen LogP contribution in [0.5, 0.6) is 0 Å². The van der Waals surface area contributed by atoms with Crippen LogP contribution in [0, 0.1) is 5.82 Å². The number of nitrogens with one attached hydrogen (secondary N) is 2. The minimum absolute atomic E-state index is 0.278. The summed E-state index contributed by atoms with van der Waals surface area (Å²) in [7, 11) is 0. The lowest BCUT2D eigenvalue weighted by Gasteiger charge is -2.22. The Morgan fingerprint density at radius 2 is 1.83 bits per heavy atom. The predicted octanol–water partition coefficient (Wildman–Crippen LogP) is 1.27. The highest BCUT2D eigenvalue weighted by molar-refractivity contribution is 6.09. The topological polar surface area (TPSA) is 78.5 Å². The number of rotatable bonds is 4. The highest BCUT2D eigenvalue weighted by Crippen LogP contribution is 2.28. The van der Waals surface area contributed by atoms with Crippen LogP contribution in [0.25, 0.3) is 0 Å². The molecule has 4 amide bonds. The van der Waals surface area contributed by atoms with Crippen LogP contribution < -0.4 is 10.6 Å². The zero-order valence-corrected chi connectivity index (χ0v) is 12.4. The molecule has 1 fully saturated rings. The summed E-state index contributed by atoms with van der Waals surface area (Å²) in [6.07, 6.45) is -4.60. The number of imide groups is 1. The summed E-state index contributed by atoms with van der Waals surface area (Å²) < 4.78 is 49.1. The molecule has 1 atom stereocenters. The number of benzene rings is 1. The van der Waals surface area contributed by atoms with Gasteiger partial charge in [-0.05, 0) is 24.6 Å². The summed E-state index contributed by atoms with van der Waals surface area (Å²) in [6, 6.07) is 3.85. The van der Waals surface area contributed by atoms with Gasteiger partial charge in [0.1, 0.15) is 24.4 Å². The standard InChI is InChI=1S/C14H13F4N3O3/c1-13(8-2-4-9(15)5-3-8)11(23)21(12(24)20-13)6-10(22)19-7-14(16,17)18/h2-5H,6-7H2,1H3,(H,19,22)(H,20,24). The summed E-state index contributed by atoms with van der Waals surface area (Å²) in [6.45, 7) is -1.06. The number of alkyl halides is 3. The molecule has 1 unspecified atom stereocenters. The first-order valence-electron chi connectivity index (χ1n) is 6.76. The van der Waals surface area contributed by atoms with Gasteiger partial charge in [-0.15, -0.1) is 0 Å². The van der Waals surface area contributed by atoms with Crippen LogP contribution in [0.2, 0.25) is 0 Å². The van der Waals surface area contributed by atoms with Crippen molar-refractivity contribution < 1.29 is 31.9 Å². The maximum Gasteiger partial charge on any atom is 0.405 e. The Hall–Kier alpha value is -2.65. The second-order valence-corrected chi connectivity index (χ2v) is 5.35. The van der Waals surface area contributed by atoms with Crippen molar-refractivity contribution in [3.05, 3.63) is 35.6 Å². The van der Waals surface area contributed by atoms with E-state index in [9.17, 15) is 31.9 Å². The largest absolute Gasteiger partial charge is 0.405 e. The molecule has 0 aliphatic carbocycles. The monoisotopic (exact) mass is 347 g/mol. The fourth-order valence-electron chi connectivity index (χ4n) is 2.22. The van der Waals surface area contributed by atoms with Crippen LogP contribution in [0.4, 0.5) is 22.4 Å². The molecule has 1 heterocycles. The Bertz CT molecular complexity index is 675. The molecule has 1 aliphatic rings. The van der Waals surface area contributed by atoms with Gasteiger partial charge < -0.3 is 10.6 Å². The fourth-order valence-corrected chi connectivity index (χ4v) is 2.22. The van der Waals surface area contributed by atoms with Gasteiger partial charge in [0.15, 0.2) is 0 Å². The van der Waals surface area contributed by atoms with E-state index in [1.807, 2.05) is 0 Å². The lowest BCUT2D eigenvalue weighted by molar-refractivity contribution is -0.141. The average molecular weight is 347 g/mol. The predicted molar refractivity (Wildman–Crippen MR) is 73.1 cm³/mol. The maximum absolute atomic E-state index is 13.0. The molecule has 0 saturated carbocycles. The summed E-state index contributed by atoms with van der Waals surface area (Å²) in [5.41, 5.74) is -1.25. The molecule has 0 bridgehead atoms. The number of amides is 4. The summed E-state index contributed by atoms with van der Waals surface area (Å²) >= 11 is 0. The van der Waals surface area contributed by atoms with Crippen molar-refractivity contribution in [3.8, 4) is 0 Å². The van der Waals surface area contributed by atoms with Crippen LogP contribution in [-0.2, 0) is 15.1 Å². The molecule has 24 heavy (non-hydrogen) atoms. The van der Waals surface area contributed by atoms with Crippen LogP contribution in [-0.4, -0.2) is 42.0 Å². The third kappa shape index (κ3) is 3.63. The van der Waals surface area contributed by atoms with Gasteiger partial charge in [-0.2, -0.15) is 13.2 Å². The molecule has 1 aromatic carbocycles. The van der Waals surface area contributed by atoms with Gasteiger partial charge in [0.05, 0.1) is 0 Å². The molecule has 6 nitrogen and oxygen atoms in total. The Balaban J connectivity index is 2.11. The van der Waals surface area contributed by atoms with Crippen LogP contribution in [0.15, 0.2) is 24.3 Å². The van der Waals surface area contributed by atoms with Crippen molar-refractivity contribution in [2.24, 2.45) is 0 Å². The lowest BCUT2D eigenvalue weighted by Crippen LogP contribution is -2.44. The van der Waals surface area contributed by atoms with Crippen molar-refractivity contribution in [1.29, 1.82) is 0 Å². The van der Waals surface area contributed by atoms with E-state index < -0.39 is 48.5 Å². The van der Waals surface area contributed by atoms with E-state index in [1.54, 1.807) is 5.32 Å². The zero-order chi connectivity index (χ0) is 18.1. The number of carbonyl (C=O) groups excluding carboxylic acids is 3. The maximum atomic E-state index is 13.0. The number of hydrogen-bond donors (Lipinski definition) is 2. The van der Waals surface area contributed by atoms with Gasteiger partial charge in [-0.25, -0.2) is 9.18 Å². The molecular formula is C14H13F4N3O3. The number of hydrogen-bond acceptors (Lipinski definition) is 3. The molecule has 0 radical (unpaired) electrons. The van der Waals surface area contributed by atoms with Gasteiger partial charge in [0, 0.05) is 0 Å². The number of halogens is 4. The van der Waals surface area contributed by atoms with E-state index in [1.165, 1.54) is 19.1 Å². The first-order valence-corrected chi connectivity index (χ1v) is 6.76. The van der Waals surface area contributed by atoms with E-state index in [0.29, 0.717) is 4.90 Å². The second kappa shape index (κ2) is 6.10. The molecule has 0 spiro atoms. The molecule has 1 aromatic rings. The Kier molecular flexibility index (Phi) is 4.50. The van der Waals surface area contributed by atoms with Crippen LogP contribution >= 0.6 is 0 Å². The van der Waals surface area contributed by atoms with Crippen LogP contribution in [0.1, 0.15) is 12.5 Å². The number of nitrogens with zero attached hydrogens (tertiary/aromatic N) is 1. The average Bonchev–Trinajstić information content (AvgIpc) is 2.69. The molecule has 130 valence electrons.